The first-order valence-electron chi connectivity index (χ1n) is 4.50. The molecular formula is C10H14N2. The lowest BCUT2D eigenvalue weighted by Gasteiger charge is -2.01. The number of hydrogen-bond donors (Lipinski definition) is 0. The Kier molecular flexibility index (Phi) is 1.63. The van der Waals surface area contributed by atoms with E-state index in [4.69, 9.17) is 0 Å². The molecule has 0 unspecified atom stereocenters. The van der Waals surface area contributed by atoms with Gasteiger partial charge in [-0.05, 0) is 32.6 Å². The Bertz CT molecular complexity index is 287. The highest BCUT2D eigenvalue weighted by Gasteiger charge is 2.20. The van der Waals surface area contributed by atoms with Gasteiger partial charge in [0.1, 0.15) is 0 Å². The topological polar surface area (TPSA) is 25.8 Å². The van der Waals surface area contributed by atoms with Crippen LogP contribution < -0.4 is 0 Å². The summed E-state index contributed by atoms with van der Waals surface area (Å²) in [5.74, 6) is 0.737. The van der Waals surface area contributed by atoms with E-state index in [1.807, 2.05) is 13.8 Å². The molecule has 0 atom stereocenters. The molecule has 2 heteroatoms. The van der Waals surface area contributed by atoms with Crippen LogP contribution in [0.15, 0.2) is 0 Å². The van der Waals surface area contributed by atoms with Crippen molar-refractivity contribution in [1.29, 1.82) is 0 Å². The van der Waals surface area contributed by atoms with Crippen molar-refractivity contribution in [2.75, 3.05) is 0 Å². The summed E-state index contributed by atoms with van der Waals surface area (Å²) in [5, 5.41) is 0. The van der Waals surface area contributed by atoms with Gasteiger partial charge in [0.25, 0.3) is 0 Å². The fourth-order valence-electron chi connectivity index (χ4n) is 1.75. The van der Waals surface area contributed by atoms with Crippen molar-refractivity contribution < 1.29 is 0 Å². The first-order chi connectivity index (χ1) is 5.66. The van der Waals surface area contributed by atoms with Crippen LogP contribution in [0, 0.1) is 19.8 Å². The van der Waals surface area contributed by atoms with Gasteiger partial charge >= 0.3 is 0 Å². The number of fused-ring (bicyclic) bond motifs is 1. The Morgan fingerprint density at radius 2 is 1.42 bits per heavy atom. The van der Waals surface area contributed by atoms with E-state index in [1.54, 1.807) is 0 Å². The molecule has 0 N–H and O–H groups in total. The van der Waals surface area contributed by atoms with Crippen molar-refractivity contribution in [1.82, 2.24) is 9.97 Å². The smallest absolute Gasteiger partial charge is 0.0625 e. The lowest BCUT2D eigenvalue weighted by atomic mass is 10.1. The molecule has 0 radical (unpaired) electrons. The molecule has 1 aromatic rings. The Balaban J connectivity index is 2.48. The Labute approximate surface area is 73.1 Å². The van der Waals surface area contributed by atoms with Crippen LogP contribution in [-0.2, 0) is 12.8 Å². The third kappa shape index (κ3) is 1.11. The maximum Gasteiger partial charge on any atom is 0.0625 e. The van der Waals surface area contributed by atoms with Crippen molar-refractivity contribution in [3.63, 3.8) is 0 Å². The highest BCUT2D eigenvalue weighted by atomic mass is 14.9. The SMILES string of the molecule is Cc1nc2c(nc1C)CC(C)C2. The van der Waals surface area contributed by atoms with Crippen molar-refractivity contribution in [2.45, 2.75) is 33.6 Å². The predicted octanol–water partition coefficient (Wildman–Crippen LogP) is 1.83. The molecule has 0 aromatic carbocycles. The van der Waals surface area contributed by atoms with Crippen molar-refractivity contribution in [3.05, 3.63) is 22.8 Å². The largest absolute Gasteiger partial charge is 0.254 e. The van der Waals surface area contributed by atoms with Crippen LogP contribution >= 0.6 is 0 Å². The standard InChI is InChI=1S/C10H14N2/c1-6-4-9-10(5-6)12-8(3)7(2)11-9/h6H,4-5H2,1-3H3. The number of hydrogen-bond acceptors (Lipinski definition) is 2. The van der Waals surface area contributed by atoms with Crippen LogP contribution in [0.25, 0.3) is 0 Å². The van der Waals surface area contributed by atoms with Crippen molar-refractivity contribution >= 4 is 0 Å². The first kappa shape index (κ1) is 7.71. The van der Waals surface area contributed by atoms with E-state index < -0.39 is 0 Å². The molecule has 2 rings (SSSR count). The molecule has 0 spiro atoms. The summed E-state index contributed by atoms with van der Waals surface area (Å²) in [7, 11) is 0. The highest BCUT2D eigenvalue weighted by Crippen LogP contribution is 2.23. The Morgan fingerprint density at radius 3 is 1.83 bits per heavy atom. The molecule has 0 fully saturated rings. The normalized spacial score (nSPS) is 16.6. The lowest BCUT2D eigenvalue weighted by molar-refractivity contribution is 0.620. The molecule has 1 aromatic heterocycles. The zero-order valence-corrected chi connectivity index (χ0v) is 7.89. The molecule has 1 aliphatic carbocycles. The van der Waals surface area contributed by atoms with E-state index in [-0.39, 0.29) is 0 Å². The summed E-state index contributed by atoms with van der Waals surface area (Å²) in [6, 6.07) is 0. The maximum atomic E-state index is 4.54. The summed E-state index contributed by atoms with van der Waals surface area (Å²) in [4.78, 5) is 9.08. The van der Waals surface area contributed by atoms with Crippen molar-refractivity contribution in [3.8, 4) is 0 Å². The molecule has 0 aliphatic heterocycles. The Morgan fingerprint density at radius 1 is 1.00 bits per heavy atom. The highest BCUT2D eigenvalue weighted by molar-refractivity contribution is 5.23. The minimum absolute atomic E-state index is 0.737. The second-order valence-corrected chi connectivity index (χ2v) is 3.80. The fraction of sp³-hybridized carbons (Fsp3) is 0.600. The van der Waals surface area contributed by atoms with Crippen LogP contribution in [0.4, 0.5) is 0 Å². The number of aryl methyl sites for hydroxylation is 2. The van der Waals surface area contributed by atoms with Crippen LogP contribution in [0.5, 0.6) is 0 Å². The van der Waals surface area contributed by atoms with Gasteiger partial charge in [0.2, 0.25) is 0 Å². The maximum absolute atomic E-state index is 4.54. The molecule has 12 heavy (non-hydrogen) atoms. The van der Waals surface area contributed by atoms with Crippen LogP contribution in [0.1, 0.15) is 29.7 Å². The average molecular weight is 162 g/mol. The second kappa shape index (κ2) is 2.54. The summed E-state index contributed by atoms with van der Waals surface area (Å²) in [6.45, 7) is 6.32. The molecule has 0 amide bonds. The number of nitrogens with zero attached hydrogens (tertiary/aromatic N) is 2. The molecule has 1 heterocycles. The Hall–Kier alpha value is -0.920. The molecule has 1 aliphatic rings. The molecule has 0 bridgehead atoms. The van der Waals surface area contributed by atoms with Gasteiger partial charge in [0, 0.05) is 0 Å². The van der Waals surface area contributed by atoms with E-state index in [0.29, 0.717) is 0 Å². The van der Waals surface area contributed by atoms with Gasteiger partial charge in [-0.1, -0.05) is 6.92 Å². The molecule has 0 saturated carbocycles. The summed E-state index contributed by atoms with van der Waals surface area (Å²) < 4.78 is 0. The minimum Gasteiger partial charge on any atom is -0.254 e. The molecular weight excluding hydrogens is 148 g/mol. The second-order valence-electron chi connectivity index (χ2n) is 3.80. The number of rotatable bonds is 0. The third-order valence-corrected chi connectivity index (χ3v) is 2.55. The molecule has 0 saturated heterocycles. The summed E-state index contributed by atoms with van der Waals surface area (Å²) in [5.41, 5.74) is 4.63. The molecule has 64 valence electrons. The van der Waals surface area contributed by atoms with Gasteiger partial charge in [0.05, 0.1) is 22.8 Å². The number of aromatic nitrogens is 2. The minimum atomic E-state index is 0.737. The zero-order chi connectivity index (χ0) is 8.72. The van der Waals surface area contributed by atoms with E-state index in [1.165, 1.54) is 11.4 Å². The van der Waals surface area contributed by atoms with Gasteiger partial charge < -0.3 is 0 Å². The fourth-order valence-corrected chi connectivity index (χ4v) is 1.75. The summed E-state index contributed by atoms with van der Waals surface area (Å²) >= 11 is 0. The van der Waals surface area contributed by atoms with Gasteiger partial charge in [-0.3, -0.25) is 9.97 Å². The summed E-state index contributed by atoms with van der Waals surface area (Å²) in [6.07, 6.45) is 2.23. The molecule has 2 nitrogen and oxygen atoms in total. The van der Waals surface area contributed by atoms with Crippen LogP contribution in [-0.4, -0.2) is 9.97 Å². The van der Waals surface area contributed by atoms with Crippen LogP contribution in [0.3, 0.4) is 0 Å². The quantitative estimate of drug-likeness (QED) is 0.581. The average Bonchev–Trinajstić information content (AvgIpc) is 2.30. The van der Waals surface area contributed by atoms with Gasteiger partial charge in [-0.15, -0.1) is 0 Å². The van der Waals surface area contributed by atoms with Crippen molar-refractivity contribution in [2.24, 2.45) is 5.92 Å². The van der Waals surface area contributed by atoms with E-state index in [0.717, 1.165) is 30.1 Å². The first-order valence-corrected chi connectivity index (χ1v) is 4.50. The third-order valence-electron chi connectivity index (χ3n) is 2.55. The monoisotopic (exact) mass is 162 g/mol. The van der Waals surface area contributed by atoms with E-state index >= 15 is 0 Å². The van der Waals surface area contributed by atoms with Gasteiger partial charge in [-0.2, -0.15) is 0 Å². The zero-order valence-electron chi connectivity index (χ0n) is 7.89. The lowest BCUT2D eigenvalue weighted by Crippen LogP contribution is -1.98. The van der Waals surface area contributed by atoms with E-state index in [9.17, 15) is 0 Å². The van der Waals surface area contributed by atoms with E-state index in [2.05, 4.69) is 16.9 Å². The predicted molar refractivity (Wildman–Crippen MR) is 48.1 cm³/mol. The van der Waals surface area contributed by atoms with Crippen LogP contribution in [0.2, 0.25) is 0 Å². The van der Waals surface area contributed by atoms with Gasteiger partial charge in [0.15, 0.2) is 0 Å². The van der Waals surface area contributed by atoms with Gasteiger partial charge in [-0.25, -0.2) is 0 Å².